The number of hydrogen-bond donors (Lipinski definition) is 1. The van der Waals surface area contributed by atoms with Crippen molar-refractivity contribution in [3.05, 3.63) is 52.5 Å². The number of halogens is 5. The first kappa shape index (κ1) is 24.1. The van der Waals surface area contributed by atoms with Crippen LogP contribution in [0.2, 0.25) is 10.0 Å². The lowest BCUT2D eigenvalue weighted by molar-refractivity contribution is -0.138. The van der Waals surface area contributed by atoms with Crippen LogP contribution >= 0.6 is 23.2 Å². The highest BCUT2D eigenvalue weighted by atomic mass is 35.5. The van der Waals surface area contributed by atoms with Crippen LogP contribution in [0, 0.1) is 0 Å². The van der Waals surface area contributed by atoms with Gasteiger partial charge in [0.05, 0.1) is 27.7 Å². The Morgan fingerprint density at radius 1 is 1.13 bits per heavy atom. The lowest BCUT2D eigenvalue weighted by atomic mass is 10.2. The molecular weight excluding hydrogens is 468 g/mol. The average molecular weight is 485 g/mol. The molecule has 1 atom stereocenters. The van der Waals surface area contributed by atoms with E-state index in [2.05, 4.69) is 0 Å². The summed E-state index contributed by atoms with van der Waals surface area (Å²) < 4.78 is 69.8. The van der Waals surface area contributed by atoms with Crippen molar-refractivity contribution in [3.8, 4) is 5.75 Å². The summed E-state index contributed by atoms with van der Waals surface area (Å²) >= 11 is 11.7. The Kier molecular flexibility index (Phi) is 7.49. The molecule has 0 unspecified atom stereocenters. The summed E-state index contributed by atoms with van der Waals surface area (Å²) in [6.07, 6.45) is -4.65. The highest BCUT2D eigenvalue weighted by Crippen LogP contribution is 2.31. The van der Waals surface area contributed by atoms with E-state index in [1.807, 2.05) is 0 Å². The third-order valence-electron chi connectivity index (χ3n) is 3.97. The lowest BCUT2D eigenvalue weighted by Crippen LogP contribution is -2.49. The summed E-state index contributed by atoms with van der Waals surface area (Å²) in [5.74, 6) is -0.716. The fraction of sp³-hybridized carbons (Fsp3) is 0.278. The number of carbonyl (C=O) groups excluding carboxylic acids is 1. The molecule has 30 heavy (non-hydrogen) atoms. The molecule has 164 valence electrons. The fourth-order valence-corrected chi connectivity index (χ4v) is 4.50. The smallest absolute Gasteiger partial charge is 0.405 e. The Bertz CT molecular complexity index is 1020. The van der Waals surface area contributed by atoms with E-state index >= 15 is 0 Å². The molecule has 0 heterocycles. The van der Waals surface area contributed by atoms with Crippen molar-refractivity contribution in [2.75, 3.05) is 18.0 Å². The Labute approximate surface area is 181 Å². The monoisotopic (exact) mass is 484 g/mol. The molecule has 2 aromatic rings. The van der Waals surface area contributed by atoms with Gasteiger partial charge in [-0.05, 0) is 49.4 Å². The normalized spacial score (nSPS) is 12.9. The van der Waals surface area contributed by atoms with Crippen LogP contribution in [0.4, 0.5) is 18.9 Å². The molecule has 0 radical (unpaired) electrons. The van der Waals surface area contributed by atoms with Crippen molar-refractivity contribution in [1.82, 2.24) is 5.32 Å². The molecule has 0 fully saturated rings. The Hall–Kier alpha value is -2.17. The zero-order chi connectivity index (χ0) is 22.7. The van der Waals surface area contributed by atoms with Crippen molar-refractivity contribution in [3.63, 3.8) is 0 Å². The van der Waals surface area contributed by atoms with E-state index in [0.717, 1.165) is 6.07 Å². The zero-order valence-electron chi connectivity index (χ0n) is 15.7. The number of ether oxygens (including phenoxy) is 1. The van der Waals surface area contributed by atoms with Gasteiger partial charge in [-0.1, -0.05) is 23.2 Å². The van der Waals surface area contributed by atoms with Crippen LogP contribution in [0.15, 0.2) is 47.4 Å². The van der Waals surface area contributed by atoms with Gasteiger partial charge in [-0.15, -0.1) is 0 Å². The van der Waals surface area contributed by atoms with Crippen LogP contribution in [-0.4, -0.2) is 40.2 Å². The number of hydrogen-bond acceptors (Lipinski definition) is 4. The number of benzene rings is 2. The van der Waals surface area contributed by atoms with E-state index < -0.39 is 34.7 Å². The first-order valence-electron chi connectivity index (χ1n) is 8.35. The maximum absolute atomic E-state index is 13.3. The summed E-state index contributed by atoms with van der Waals surface area (Å²) in [5.41, 5.74) is 0.0385. The zero-order valence-corrected chi connectivity index (χ0v) is 18.0. The minimum atomic E-state index is -4.65. The third kappa shape index (κ3) is 5.71. The minimum absolute atomic E-state index is 0.0385. The van der Waals surface area contributed by atoms with Gasteiger partial charge in [0, 0.05) is 0 Å². The molecule has 1 amide bonds. The van der Waals surface area contributed by atoms with Crippen molar-refractivity contribution >= 4 is 44.8 Å². The third-order valence-corrected chi connectivity index (χ3v) is 6.60. The first-order chi connectivity index (χ1) is 13.9. The number of anilines is 1. The first-order valence-corrected chi connectivity index (χ1v) is 10.5. The topological polar surface area (TPSA) is 75.7 Å². The predicted molar refractivity (Wildman–Crippen MR) is 108 cm³/mol. The van der Waals surface area contributed by atoms with E-state index in [4.69, 9.17) is 27.9 Å². The fourth-order valence-electron chi connectivity index (χ4n) is 2.49. The highest BCUT2D eigenvalue weighted by molar-refractivity contribution is 7.93. The Morgan fingerprint density at radius 2 is 1.73 bits per heavy atom. The van der Waals surface area contributed by atoms with Gasteiger partial charge in [0.15, 0.2) is 0 Å². The molecule has 0 aliphatic carbocycles. The molecule has 0 aromatic heterocycles. The molecule has 1 N–H and O–H groups in total. The molecule has 0 saturated carbocycles. The van der Waals surface area contributed by atoms with Crippen LogP contribution in [0.25, 0.3) is 0 Å². The van der Waals surface area contributed by atoms with Gasteiger partial charge in [0.2, 0.25) is 5.91 Å². The quantitative estimate of drug-likeness (QED) is 0.636. The molecule has 2 aromatic carbocycles. The number of alkyl halides is 3. The van der Waals surface area contributed by atoms with Crippen LogP contribution in [0.5, 0.6) is 5.75 Å². The number of carbonyl (C=O) groups is 1. The molecule has 12 heteroatoms. The second-order valence-corrected chi connectivity index (χ2v) is 8.71. The maximum Gasteiger partial charge on any atom is 0.405 e. The van der Waals surface area contributed by atoms with Crippen molar-refractivity contribution in [2.24, 2.45) is 0 Å². The summed E-state index contributed by atoms with van der Waals surface area (Å²) in [6, 6.07) is 7.65. The Balaban J connectivity index is 2.51. The number of nitrogens with one attached hydrogen (secondary N) is 1. The molecule has 0 aliphatic heterocycles. The summed E-state index contributed by atoms with van der Waals surface area (Å²) in [7, 11) is -2.99. The van der Waals surface area contributed by atoms with Crippen molar-refractivity contribution in [2.45, 2.75) is 24.0 Å². The SMILES string of the molecule is COc1ccc(N([C@H](C)C(=O)NCC(F)(F)F)S(=O)(=O)c2ccc(Cl)c(Cl)c2)cc1. The van der Waals surface area contributed by atoms with Crippen molar-refractivity contribution < 1.29 is 31.1 Å². The molecule has 0 spiro atoms. The van der Waals surface area contributed by atoms with Gasteiger partial charge >= 0.3 is 6.18 Å². The van der Waals surface area contributed by atoms with Gasteiger partial charge in [-0.3, -0.25) is 9.10 Å². The highest BCUT2D eigenvalue weighted by Gasteiger charge is 2.35. The molecule has 0 bridgehead atoms. The number of nitrogens with zero attached hydrogens (tertiary/aromatic N) is 1. The van der Waals surface area contributed by atoms with Gasteiger partial charge in [0.1, 0.15) is 18.3 Å². The van der Waals surface area contributed by atoms with Gasteiger partial charge in [-0.2, -0.15) is 13.2 Å². The van der Waals surface area contributed by atoms with Crippen LogP contribution in [-0.2, 0) is 14.8 Å². The van der Waals surface area contributed by atoms with Gasteiger partial charge < -0.3 is 10.1 Å². The van der Waals surface area contributed by atoms with Crippen LogP contribution in [0.3, 0.4) is 0 Å². The molecule has 0 saturated heterocycles. The van der Waals surface area contributed by atoms with E-state index in [0.29, 0.717) is 10.1 Å². The van der Waals surface area contributed by atoms with Crippen LogP contribution < -0.4 is 14.4 Å². The lowest BCUT2D eigenvalue weighted by Gasteiger charge is -2.30. The molecule has 0 aliphatic rings. The van der Waals surface area contributed by atoms with Gasteiger partial charge in [-0.25, -0.2) is 8.42 Å². The standard InChI is InChI=1S/C18H17Cl2F3N2O4S/c1-11(17(26)24-10-18(21,22)23)25(12-3-5-13(29-2)6-4-12)30(27,28)14-7-8-15(19)16(20)9-14/h3-9,11H,10H2,1-2H3,(H,24,26)/t11-/m1/s1. The summed E-state index contributed by atoms with van der Waals surface area (Å²) in [5, 5.41) is 1.77. The minimum Gasteiger partial charge on any atom is -0.497 e. The van der Waals surface area contributed by atoms with Crippen molar-refractivity contribution in [1.29, 1.82) is 0 Å². The maximum atomic E-state index is 13.3. The predicted octanol–water partition coefficient (Wildman–Crippen LogP) is 4.26. The van der Waals surface area contributed by atoms with E-state index in [1.54, 1.807) is 5.32 Å². The Morgan fingerprint density at radius 3 is 2.23 bits per heavy atom. The summed E-state index contributed by atoms with van der Waals surface area (Å²) in [4.78, 5) is 12.0. The number of sulfonamides is 1. The molecular formula is C18H17Cl2F3N2O4S. The summed E-state index contributed by atoms with van der Waals surface area (Å²) in [6.45, 7) is -0.426. The largest absolute Gasteiger partial charge is 0.497 e. The van der Waals surface area contributed by atoms with E-state index in [9.17, 15) is 26.4 Å². The number of rotatable bonds is 7. The molecule has 6 nitrogen and oxygen atoms in total. The molecule has 2 rings (SSSR count). The van der Waals surface area contributed by atoms with Gasteiger partial charge in [0.25, 0.3) is 10.0 Å². The second kappa shape index (κ2) is 9.32. The van der Waals surface area contributed by atoms with E-state index in [1.165, 1.54) is 50.4 Å². The second-order valence-electron chi connectivity index (χ2n) is 6.08. The number of amides is 1. The average Bonchev–Trinajstić information content (AvgIpc) is 2.68. The number of methoxy groups -OCH3 is 1. The van der Waals surface area contributed by atoms with E-state index in [-0.39, 0.29) is 20.6 Å². The van der Waals surface area contributed by atoms with Crippen LogP contribution in [0.1, 0.15) is 6.92 Å².